The molecule has 136 valence electrons. The molecular formula is C21H17FN2O2S. The SMILES string of the molecule is Cc1cccc2sc(N(Cc3ccco3)C(=O)Cc3ccc(F)cc3)nc12. The number of nitrogens with zero attached hydrogens (tertiary/aromatic N) is 2. The summed E-state index contributed by atoms with van der Waals surface area (Å²) in [5.41, 5.74) is 2.72. The number of para-hydroxylation sites is 1. The number of carbonyl (C=O) groups is 1. The van der Waals surface area contributed by atoms with E-state index in [-0.39, 0.29) is 18.1 Å². The molecule has 0 saturated carbocycles. The minimum absolute atomic E-state index is 0.116. The second-order valence-corrected chi connectivity index (χ2v) is 7.29. The third-order valence-corrected chi connectivity index (χ3v) is 5.35. The normalized spacial score (nSPS) is 11.0. The number of rotatable bonds is 5. The third-order valence-electron chi connectivity index (χ3n) is 4.30. The zero-order valence-electron chi connectivity index (χ0n) is 14.7. The van der Waals surface area contributed by atoms with E-state index in [0.717, 1.165) is 21.3 Å². The van der Waals surface area contributed by atoms with E-state index in [4.69, 9.17) is 9.40 Å². The highest BCUT2D eigenvalue weighted by Gasteiger charge is 2.22. The molecule has 0 saturated heterocycles. The van der Waals surface area contributed by atoms with Crippen LogP contribution >= 0.6 is 11.3 Å². The van der Waals surface area contributed by atoms with E-state index < -0.39 is 0 Å². The van der Waals surface area contributed by atoms with Crippen molar-refractivity contribution in [3.8, 4) is 0 Å². The van der Waals surface area contributed by atoms with Gasteiger partial charge in [-0.3, -0.25) is 9.69 Å². The summed E-state index contributed by atoms with van der Waals surface area (Å²) in [6.45, 7) is 2.30. The van der Waals surface area contributed by atoms with Crippen LogP contribution in [0.1, 0.15) is 16.9 Å². The lowest BCUT2D eigenvalue weighted by Gasteiger charge is -2.18. The lowest BCUT2D eigenvalue weighted by Crippen LogP contribution is -2.31. The molecule has 4 rings (SSSR count). The van der Waals surface area contributed by atoms with E-state index in [0.29, 0.717) is 17.4 Å². The number of benzene rings is 2. The molecule has 2 aromatic heterocycles. The fourth-order valence-electron chi connectivity index (χ4n) is 2.88. The minimum atomic E-state index is -0.319. The number of hydrogen-bond acceptors (Lipinski definition) is 4. The van der Waals surface area contributed by atoms with Gasteiger partial charge in [0, 0.05) is 0 Å². The second kappa shape index (κ2) is 7.32. The largest absolute Gasteiger partial charge is 0.467 e. The average Bonchev–Trinajstić information content (AvgIpc) is 3.31. The van der Waals surface area contributed by atoms with Gasteiger partial charge in [0.25, 0.3) is 0 Å². The van der Waals surface area contributed by atoms with Crippen LogP contribution in [0.5, 0.6) is 0 Å². The first-order valence-corrected chi connectivity index (χ1v) is 9.35. The van der Waals surface area contributed by atoms with Crippen molar-refractivity contribution >= 4 is 32.6 Å². The smallest absolute Gasteiger partial charge is 0.233 e. The van der Waals surface area contributed by atoms with Gasteiger partial charge in [0.15, 0.2) is 5.13 Å². The molecule has 0 aliphatic rings. The van der Waals surface area contributed by atoms with E-state index in [1.54, 1.807) is 29.4 Å². The molecular weight excluding hydrogens is 363 g/mol. The molecule has 4 aromatic rings. The Balaban J connectivity index is 1.68. The lowest BCUT2D eigenvalue weighted by molar-refractivity contribution is -0.118. The van der Waals surface area contributed by atoms with Gasteiger partial charge >= 0.3 is 0 Å². The molecule has 2 heterocycles. The van der Waals surface area contributed by atoms with Gasteiger partial charge in [0.2, 0.25) is 5.91 Å². The number of carbonyl (C=O) groups excluding carboxylic acids is 1. The standard InChI is InChI=1S/C21H17FN2O2S/c1-14-4-2-6-18-20(14)23-21(27-18)24(13-17-5-3-11-26-17)19(25)12-15-7-9-16(22)10-8-15/h2-11H,12-13H2,1H3. The Labute approximate surface area is 159 Å². The van der Waals surface area contributed by atoms with Crippen LogP contribution in [0.3, 0.4) is 0 Å². The number of hydrogen-bond donors (Lipinski definition) is 0. The first kappa shape index (κ1) is 17.4. The lowest BCUT2D eigenvalue weighted by atomic mass is 10.1. The topological polar surface area (TPSA) is 46.3 Å². The van der Waals surface area contributed by atoms with Gasteiger partial charge in [-0.25, -0.2) is 9.37 Å². The van der Waals surface area contributed by atoms with Gasteiger partial charge in [0.1, 0.15) is 11.6 Å². The van der Waals surface area contributed by atoms with Crippen molar-refractivity contribution in [2.75, 3.05) is 4.90 Å². The van der Waals surface area contributed by atoms with Crippen molar-refractivity contribution < 1.29 is 13.6 Å². The van der Waals surface area contributed by atoms with E-state index >= 15 is 0 Å². The summed E-state index contributed by atoms with van der Waals surface area (Å²) in [6.07, 6.45) is 1.75. The van der Waals surface area contributed by atoms with Crippen LogP contribution in [0.4, 0.5) is 9.52 Å². The molecule has 1 amide bonds. The van der Waals surface area contributed by atoms with Crippen LogP contribution < -0.4 is 4.90 Å². The van der Waals surface area contributed by atoms with Gasteiger partial charge < -0.3 is 4.42 Å². The predicted molar refractivity (Wildman–Crippen MR) is 104 cm³/mol. The van der Waals surface area contributed by atoms with Crippen LogP contribution in [-0.2, 0) is 17.8 Å². The predicted octanol–water partition coefficient (Wildman–Crippen LogP) is 5.11. The fraction of sp³-hybridized carbons (Fsp3) is 0.143. The molecule has 0 bridgehead atoms. The Morgan fingerprint density at radius 1 is 1.15 bits per heavy atom. The number of fused-ring (bicyclic) bond motifs is 1. The molecule has 6 heteroatoms. The zero-order valence-corrected chi connectivity index (χ0v) is 15.5. The summed E-state index contributed by atoms with van der Waals surface area (Å²) in [6, 6.07) is 15.6. The van der Waals surface area contributed by atoms with E-state index in [2.05, 4.69) is 0 Å². The summed E-state index contributed by atoms with van der Waals surface area (Å²) >= 11 is 1.48. The Kier molecular flexibility index (Phi) is 4.73. The van der Waals surface area contributed by atoms with Crippen molar-refractivity contribution in [2.45, 2.75) is 19.9 Å². The summed E-state index contributed by atoms with van der Waals surface area (Å²) in [5, 5.41) is 0.628. The van der Waals surface area contributed by atoms with Crippen LogP contribution in [0.2, 0.25) is 0 Å². The van der Waals surface area contributed by atoms with Crippen molar-refractivity contribution in [1.29, 1.82) is 0 Å². The van der Waals surface area contributed by atoms with Crippen molar-refractivity contribution in [2.24, 2.45) is 0 Å². The van der Waals surface area contributed by atoms with E-state index in [1.165, 1.54) is 23.5 Å². The van der Waals surface area contributed by atoms with E-state index in [9.17, 15) is 9.18 Å². The number of furan rings is 1. The third kappa shape index (κ3) is 3.75. The molecule has 0 N–H and O–H groups in total. The Bertz CT molecular complexity index is 1070. The number of aromatic nitrogens is 1. The number of aryl methyl sites for hydroxylation is 1. The maximum absolute atomic E-state index is 13.1. The highest BCUT2D eigenvalue weighted by molar-refractivity contribution is 7.22. The Morgan fingerprint density at radius 3 is 2.67 bits per heavy atom. The molecule has 0 spiro atoms. The first-order valence-electron chi connectivity index (χ1n) is 8.53. The van der Waals surface area contributed by atoms with Gasteiger partial charge in [-0.1, -0.05) is 35.6 Å². The molecule has 27 heavy (non-hydrogen) atoms. The molecule has 2 aromatic carbocycles. The highest BCUT2D eigenvalue weighted by Crippen LogP contribution is 2.32. The van der Waals surface area contributed by atoms with Crippen LogP contribution in [-0.4, -0.2) is 10.9 Å². The zero-order chi connectivity index (χ0) is 18.8. The van der Waals surface area contributed by atoms with Crippen molar-refractivity contribution in [3.63, 3.8) is 0 Å². The monoisotopic (exact) mass is 380 g/mol. The van der Waals surface area contributed by atoms with Gasteiger partial charge in [-0.2, -0.15) is 0 Å². The fourth-order valence-corrected chi connectivity index (χ4v) is 3.94. The maximum Gasteiger partial charge on any atom is 0.233 e. The molecule has 0 radical (unpaired) electrons. The summed E-state index contributed by atoms with van der Waals surface area (Å²) in [4.78, 5) is 19.4. The van der Waals surface area contributed by atoms with Gasteiger partial charge in [-0.15, -0.1) is 0 Å². The Hall–Kier alpha value is -2.99. The first-order chi connectivity index (χ1) is 13.1. The van der Waals surface area contributed by atoms with Crippen LogP contribution in [0.15, 0.2) is 65.3 Å². The van der Waals surface area contributed by atoms with Crippen molar-refractivity contribution in [1.82, 2.24) is 4.98 Å². The van der Waals surface area contributed by atoms with Gasteiger partial charge in [-0.05, 0) is 48.4 Å². The summed E-state index contributed by atoms with van der Waals surface area (Å²) in [7, 11) is 0. The highest BCUT2D eigenvalue weighted by atomic mass is 32.1. The van der Waals surface area contributed by atoms with Crippen molar-refractivity contribution in [3.05, 3.63) is 83.6 Å². The number of thiazole rings is 1. The summed E-state index contributed by atoms with van der Waals surface area (Å²) in [5.74, 6) is 0.244. The maximum atomic E-state index is 13.1. The quantitative estimate of drug-likeness (QED) is 0.483. The minimum Gasteiger partial charge on any atom is -0.467 e. The molecule has 4 nitrogen and oxygen atoms in total. The molecule has 0 atom stereocenters. The number of anilines is 1. The second-order valence-electron chi connectivity index (χ2n) is 6.28. The average molecular weight is 380 g/mol. The number of amides is 1. The number of halogens is 1. The van der Waals surface area contributed by atoms with Gasteiger partial charge in [0.05, 0.1) is 29.4 Å². The molecule has 0 aliphatic heterocycles. The summed E-state index contributed by atoms with van der Waals surface area (Å²) < 4.78 is 19.6. The van der Waals surface area contributed by atoms with Crippen LogP contribution in [0.25, 0.3) is 10.2 Å². The molecule has 0 unspecified atom stereocenters. The van der Waals surface area contributed by atoms with E-state index in [1.807, 2.05) is 31.2 Å². The molecule has 0 fully saturated rings. The van der Waals surface area contributed by atoms with Crippen LogP contribution in [0, 0.1) is 12.7 Å². The Morgan fingerprint density at radius 2 is 1.96 bits per heavy atom. The molecule has 0 aliphatic carbocycles.